The highest BCUT2D eigenvalue weighted by Gasteiger charge is 2.41. The fourth-order valence-electron chi connectivity index (χ4n) is 3.66. The number of rotatable bonds is 1. The van der Waals surface area contributed by atoms with Crippen molar-refractivity contribution in [2.75, 3.05) is 19.6 Å². The van der Waals surface area contributed by atoms with E-state index < -0.39 is 11.7 Å². The third-order valence-electron chi connectivity index (χ3n) is 5.17. The van der Waals surface area contributed by atoms with Gasteiger partial charge in [0.05, 0.1) is 5.92 Å². The Balaban J connectivity index is 0.000000264. The molecule has 0 saturated carbocycles. The van der Waals surface area contributed by atoms with Crippen molar-refractivity contribution < 1.29 is 24.2 Å². The van der Waals surface area contributed by atoms with E-state index in [0.29, 0.717) is 25.9 Å². The van der Waals surface area contributed by atoms with Crippen LogP contribution in [0, 0.1) is 5.92 Å². The third kappa shape index (κ3) is 5.03. The zero-order valence-electron chi connectivity index (χ0n) is 16.7. The number of amides is 2. The average molecular weight is 388 g/mol. The van der Waals surface area contributed by atoms with Crippen molar-refractivity contribution in [1.82, 2.24) is 9.80 Å². The maximum absolute atomic E-state index is 12.1. The van der Waals surface area contributed by atoms with Crippen LogP contribution in [0.4, 0.5) is 4.79 Å². The van der Waals surface area contributed by atoms with Gasteiger partial charge < -0.3 is 14.7 Å². The Kier molecular flexibility index (Phi) is 5.63. The number of piperazine rings is 1. The van der Waals surface area contributed by atoms with Crippen LogP contribution in [0.15, 0.2) is 24.3 Å². The molecule has 2 aliphatic heterocycles. The van der Waals surface area contributed by atoms with E-state index in [1.165, 1.54) is 17.5 Å². The van der Waals surface area contributed by atoms with E-state index in [1.54, 1.807) is 4.90 Å². The second kappa shape index (κ2) is 7.81. The lowest BCUT2D eigenvalue weighted by atomic mass is 9.91. The molecule has 2 fully saturated rings. The minimum atomic E-state index is -1.07. The van der Waals surface area contributed by atoms with E-state index in [2.05, 4.69) is 24.3 Å². The molecular weight excluding hydrogens is 360 g/mol. The summed E-state index contributed by atoms with van der Waals surface area (Å²) in [6.45, 7) is 5.95. The molecule has 4 rings (SSSR count). The predicted octanol–water partition coefficient (Wildman–Crippen LogP) is 2.52. The summed E-state index contributed by atoms with van der Waals surface area (Å²) in [6, 6.07) is 8.41. The number of esters is 1. The molecule has 2 heterocycles. The first-order valence-electron chi connectivity index (χ1n) is 9.71. The minimum Gasteiger partial charge on any atom is -0.465 e. The van der Waals surface area contributed by atoms with Gasteiger partial charge in [-0.3, -0.25) is 14.5 Å². The summed E-state index contributed by atoms with van der Waals surface area (Å²) < 4.78 is 5.37. The molecule has 2 atom stereocenters. The lowest BCUT2D eigenvalue weighted by molar-refractivity contribution is -0.164. The number of ether oxygens (including phenoxy) is 1. The number of fused-ring (bicyclic) bond motifs is 2. The number of piperidine rings is 1. The number of carbonyl (C=O) groups excluding carboxylic acids is 2. The van der Waals surface area contributed by atoms with Crippen molar-refractivity contribution in [2.24, 2.45) is 5.92 Å². The van der Waals surface area contributed by atoms with Gasteiger partial charge in [-0.05, 0) is 51.2 Å². The summed E-state index contributed by atoms with van der Waals surface area (Å²) >= 11 is 0. The topological polar surface area (TPSA) is 87.1 Å². The van der Waals surface area contributed by atoms with E-state index in [-0.39, 0.29) is 30.4 Å². The Hall–Kier alpha value is -2.57. The number of nitrogens with zero attached hydrogens (tertiary/aromatic N) is 2. The van der Waals surface area contributed by atoms with Gasteiger partial charge in [-0.25, -0.2) is 4.79 Å². The molecule has 1 aromatic rings. The summed E-state index contributed by atoms with van der Waals surface area (Å²) in [6.07, 6.45) is 1.42. The van der Waals surface area contributed by atoms with Gasteiger partial charge in [-0.15, -0.1) is 0 Å². The molecule has 0 bridgehead atoms. The highest BCUT2D eigenvalue weighted by Crippen LogP contribution is 2.28. The van der Waals surface area contributed by atoms with Crippen LogP contribution in [0.25, 0.3) is 0 Å². The SMILES string of the molecule is CC(C)(C)OC(=O)[C@H]1CC[C@@H]2CN(C(=O)O)CC(=O)N2C1.c1ccc2c(c1)C2. The molecule has 3 aliphatic rings. The number of hydrogen-bond acceptors (Lipinski definition) is 4. The second-order valence-electron chi connectivity index (χ2n) is 8.62. The molecule has 7 heteroatoms. The van der Waals surface area contributed by atoms with Gasteiger partial charge in [0.2, 0.25) is 5.91 Å². The van der Waals surface area contributed by atoms with Crippen LogP contribution in [0.5, 0.6) is 0 Å². The average Bonchev–Trinajstić information content (AvgIpc) is 3.40. The fourth-order valence-corrected chi connectivity index (χ4v) is 3.66. The second-order valence-corrected chi connectivity index (χ2v) is 8.62. The van der Waals surface area contributed by atoms with Gasteiger partial charge in [0.25, 0.3) is 0 Å². The van der Waals surface area contributed by atoms with Gasteiger partial charge in [0.15, 0.2) is 0 Å². The largest absolute Gasteiger partial charge is 0.465 e. The molecule has 2 saturated heterocycles. The molecule has 1 N–H and O–H groups in total. The Labute approximate surface area is 165 Å². The van der Waals surface area contributed by atoms with Crippen LogP contribution in [0.3, 0.4) is 0 Å². The van der Waals surface area contributed by atoms with Crippen molar-refractivity contribution >= 4 is 18.0 Å². The molecule has 2 amide bonds. The maximum Gasteiger partial charge on any atom is 0.407 e. The molecule has 7 nitrogen and oxygen atoms in total. The quantitative estimate of drug-likeness (QED) is 0.759. The molecule has 0 radical (unpaired) electrons. The molecule has 152 valence electrons. The lowest BCUT2D eigenvalue weighted by Gasteiger charge is -2.44. The predicted molar refractivity (Wildman–Crippen MR) is 103 cm³/mol. The first-order chi connectivity index (χ1) is 13.1. The lowest BCUT2D eigenvalue weighted by Crippen LogP contribution is -2.61. The Bertz CT molecular complexity index is 749. The van der Waals surface area contributed by atoms with E-state index in [1.807, 2.05) is 20.8 Å². The van der Waals surface area contributed by atoms with E-state index in [4.69, 9.17) is 9.84 Å². The standard InChI is InChI=1S/C14H22N2O5.C7H6/c1-14(2,3)21-12(18)9-4-5-10-7-15(13(19)20)8-11(17)16(10)6-9;1-2-4-7-5-6(7)3-1/h9-10H,4-8H2,1-3H3,(H,19,20);1-4H,5H2/t9-,10+;/m0./s1. The Morgan fingerprint density at radius 2 is 1.75 bits per heavy atom. The maximum atomic E-state index is 12.1. The summed E-state index contributed by atoms with van der Waals surface area (Å²) in [5.41, 5.74) is 2.52. The first-order valence-corrected chi connectivity index (χ1v) is 9.71. The Morgan fingerprint density at radius 1 is 1.11 bits per heavy atom. The molecule has 28 heavy (non-hydrogen) atoms. The normalized spacial score (nSPS) is 23.0. The monoisotopic (exact) mass is 388 g/mol. The number of hydrogen-bond donors (Lipinski definition) is 1. The smallest absolute Gasteiger partial charge is 0.407 e. The van der Waals surface area contributed by atoms with Gasteiger partial charge in [0, 0.05) is 19.1 Å². The van der Waals surface area contributed by atoms with Crippen LogP contribution in [0.2, 0.25) is 0 Å². The van der Waals surface area contributed by atoms with Gasteiger partial charge >= 0.3 is 12.1 Å². The van der Waals surface area contributed by atoms with Crippen LogP contribution < -0.4 is 0 Å². The number of carboxylic acid groups (broad SMARTS) is 1. The van der Waals surface area contributed by atoms with Gasteiger partial charge in [-0.1, -0.05) is 24.3 Å². The third-order valence-corrected chi connectivity index (χ3v) is 5.17. The molecule has 1 aromatic carbocycles. The zero-order chi connectivity index (χ0) is 20.5. The van der Waals surface area contributed by atoms with Crippen molar-refractivity contribution in [3.8, 4) is 0 Å². The summed E-state index contributed by atoms with van der Waals surface area (Å²) in [7, 11) is 0. The van der Waals surface area contributed by atoms with Gasteiger partial charge in [-0.2, -0.15) is 0 Å². The highest BCUT2D eigenvalue weighted by molar-refractivity contribution is 5.84. The van der Waals surface area contributed by atoms with Crippen LogP contribution in [0.1, 0.15) is 44.7 Å². The minimum absolute atomic E-state index is 0.124. The molecule has 0 spiro atoms. The van der Waals surface area contributed by atoms with Crippen molar-refractivity contribution in [3.63, 3.8) is 0 Å². The van der Waals surface area contributed by atoms with Crippen molar-refractivity contribution in [1.29, 1.82) is 0 Å². The summed E-state index contributed by atoms with van der Waals surface area (Å²) in [5.74, 6) is -0.836. The number of benzene rings is 1. The van der Waals surface area contributed by atoms with Crippen LogP contribution in [-0.4, -0.2) is 64.2 Å². The molecular formula is C21H28N2O5. The fraction of sp³-hybridized carbons (Fsp3) is 0.571. The molecule has 0 unspecified atom stereocenters. The van der Waals surface area contributed by atoms with Gasteiger partial charge in [0.1, 0.15) is 12.1 Å². The van der Waals surface area contributed by atoms with Crippen molar-refractivity contribution in [2.45, 2.75) is 51.7 Å². The molecule has 0 aromatic heterocycles. The van der Waals surface area contributed by atoms with E-state index in [0.717, 1.165) is 4.90 Å². The van der Waals surface area contributed by atoms with E-state index in [9.17, 15) is 14.4 Å². The first kappa shape index (κ1) is 20.2. The zero-order valence-corrected chi connectivity index (χ0v) is 16.7. The number of carbonyl (C=O) groups is 3. The summed E-state index contributed by atoms with van der Waals surface area (Å²) in [4.78, 5) is 37.9. The Morgan fingerprint density at radius 3 is 2.29 bits per heavy atom. The van der Waals surface area contributed by atoms with Crippen molar-refractivity contribution in [3.05, 3.63) is 35.4 Å². The van der Waals surface area contributed by atoms with E-state index >= 15 is 0 Å². The molecule has 1 aliphatic carbocycles. The summed E-state index contributed by atoms with van der Waals surface area (Å²) in [5, 5.41) is 9.00. The highest BCUT2D eigenvalue weighted by atomic mass is 16.6. The van der Waals surface area contributed by atoms with Crippen LogP contribution >= 0.6 is 0 Å². The van der Waals surface area contributed by atoms with Crippen LogP contribution in [-0.2, 0) is 20.7 Å².